The second-order valence-corrected chi connectivity index (χ2v) is 3.69. The molecule has 1 aromatic rings. The highest BCUT2D eigenvalue weighted by molar-refractivity contribution is 5.35. The van der Waals surface area contributed by atoms with Crippen LogP contribution in [0.3, 0.4) is 0 Å². The van der Waals surface area contributed by atoms with Crippen molar-refractivity contribution < 1.29 is 4.74 Å². The number of unbranched alkanes of at least 4 members (excludes halogenated alkanes) is 4. The van der Waals surface area contributed by atoms with Crippen molar-refractivity contribution in [2.24, 2.45) is 0 Å². The molecule has 1 aromatic heterocycles. The highest BCUT2D eigenvalue weighted by atomic mass is 16.5. The first kappa shape index (κ1) is 11.8. The van der Waals surface area contributed by atoms with Gasteiger partial charge in [-0.3, -0.25) is 0 Å². The van der Waals surface area contributed by atoms with Crippen LogP contribution in [0.1, 0.15) is 39.0 Å². The van der Waals surface area contributed by atoms with E-state index in [2.05, 4.69) is 11.9 Å². The van der Waals surface area contributed by atoms with E-state index in [1.165, 1.54) is 25.7 Å². The molecule has 0 saturated heterocycles. The highest BCUT2D eigenvalue weighted by Gasteiger charge is 1.94. The molecular formula is C12H20N2O. The molecule has 0 radical (unpaired) electrons. The standard InChI is InChI=1S/C12H20N2O/c1-2-3-4-5-6-9-15-12-8-7-11(13)10-14-12/h7-8,10H,2-6,9,13H2,1H3. The molecule has 0 bridgehead atoms. The predicted octanol–water partition coefficient (Wildman–Crippen LogP) is 3.01. The summed E-state index contributed by atoms with van der Waals surface area (Å²) in [5, 5.41) is 0. The van der Waals surface area contributed by atoms with Gasteiger partial charge in [0.25, 0.3) is 0 Å². The maximum atomic E-state index is 5.52. The summed E-state index contributed by atoms with van der Waals surface area (Å²) in [6.45, 7) is 2.97. The van der Waals surface area contributed by atoms with Crippen LogP contribution in [0.5, 0.6) is 5.88 Å². The SMILES string of the molecule is CCCCCCCOc1ccc(N)cn1. The lowest BCUT2D eigenvalue weighted by molar-refractivity contribution is 0.293. The van der Waals surface area contributed by atoms with E-state index < -0.39 is 0 Å². The van der Waals surface area contributed by atoms with Crippen LogP contribution in [0.15, 0.2) is 18.3 Å². The lowest BCUT2D eigenvalue weighted by Gasteiger charge is -2.04. The summed E-state index contributed by atoms with van der Waals surface area (Å²) in [6, 6.07) is 3.61. The molecule has 0 aliphatic carbocycles. The zero-order valence-corrected chi connectivity index (χ0v) is 9.41. The van der Waals surface area contributed by atoms with Gasteiger partial charge in [-0.2, -0.15) is 0 Å². The van der Waals surface area contributed by atoms with Gasteiger partial charge in [-0.1, -0.05) is 32.6 Å². The molecular weight excluding hydrogens is 188 g/mol. The van der Waals surface area contributed by atoms with Crippen molar-refractivity contribution in [1.82, 2.24) is 4.98 Å². The van der Waals surface area contributed by atoms with E-state index >= 15 is 0 Å². The van der Waals surface area contributed by atoms with Gasteiger partial charge in [0.05, 0.1) is 18.5 Å². The molecule has 0 saturated carbocycles. The van der Waals surface area contributed by atoms with Crippen molar-refractivity contribution in [3.8, 4) is 5.88 Å². The molecule has 2 N–H and O–H groups in total. The molecule has 0 aliphatic rings. The van der Waals surface area contributed by atoms with Gasteiger partial charge in [-0.25, -0.2) is 4.98 Å². The number of nitrogen functional groups attached to an aromatic ring is 1. The molecule has 1 heterocycles. The van der Waals surface area contributed by atoms with Crippen LogP contribution in [-0.2, 0) is 0 Å². The normalized spacial score (nSPS) is 10.2. The number of rotatable bonds is 7. The van der Waals surface area contributed by atoms with Crippen LogP contribution in [0.25, 0.3) is 0 Å². The second-order valence-electron chi connectivity index (χ2n) is 3.69. The molecule has 84 valence electrons. The first-order valence-electron chi connectivity index (χ1n) is 5.67. The van der Waals surface area contributed by atoms with E-state index in [1.54, 1.807) is 18.3 Å². The van der Waals surface area contributed by atoms with Crippen LogP contribution in [-0.4, -0.2) is 11.6 Å². The van der Waals surface area contributed by atoms with Gasteiger partial charge in [0.15, 0.2) is 0 Å². The zero-order chi connectivity index (χ0) is 10.9. The van der Waals surface area contributed by atoms with E-state index in [0.29, 0.717) is 11.6 Å². The van der Waals surface area contributed by atoms with Crippen molar-refractivity contribution in [3.63, 3.8) is 0 Å². The summed E-state index contributed by atoms with van der Waals surface area (Å²) < 4.78 is 5.47. The van der Waals surface area contributed by atoms with Crippen molar-refractivity contribution in [1.29, 1.82) is 0 Å². The third kappa shape index (κ3) is 5.25. The first-order chi connectivity index (χ1) is 7.33. The van der Waals surface area contributed by atoms with Gasteiger partial charge >= 0.3 is 0 Å². The number of anilines is 1. The fourth-order valence-corrected chi connectivity index (χ4v) is 1.36. The Morgan fingerprint density at radius 1 is 1.20 bits per heavy atom. The summed E-state index contributed by atoms with van der Waals surface area (Å²) in [7, 11) is 0. The topological polar surface area (TPSA) is 48.1 Å². The Balaban J connectivity index is 2.07. The summed E-state index contributed by atoms with van der Waals surface area (Å²) in [6.07, 6.45) is 7.86. The largest absolute Gasteiger partial charge is 0.478 e. The monoisotopic (exact) mass is 208 g/mol. The van der Waals surface area contributed by atoms with E-state index in [1.807, 2.05) is 0 Å². The van der Waals surface area contributed by atoms with Crippen LogP contribution >= 0.6 is 0 Å². The molecule has 0 fully saturated rings. The smallest absolute Gasteiger partial charge is 0.213 e. The Labute approximate surface area is 91.7 Å². The molecule has 1 rings (SSSR count). The minimum atomic E-state index is 0.666. The van der Waals surface area contributed by atoms with Crippen LogP contribution in [0.4, 0.5) is 5.69 Å². The highest BCUT2D eigenvalue weighted by Crippen LogP contribution is 2.09. The molecule has 0 aromatic carbocycles. The quantitative estimate of drug-likeness (QED) is 0.701. The number of ether oxygens (including phenoxy) is 1. The molecule has 15 heavy (non-hydrogen) atoms. The van der Waals surface area contributed by atoms with Gasteiger partial charge in [-0.15, -0.1) is 0 Å². The molecule has 0 atom stereocenters. The molecule has 0 spiro atoms. The summed E-state index contributed by atoms with van der Waals surface area (Å²) >= 11 is 0. The third-order valence-corrected chi connectivity index (χ3v) is 2.26. The van der Waals surface area contributed by atoms with Gasteiger partial charge in [0.2, 0.25) is 5.88 Å². The minimum Gasteiger partial charge on any atom is -0.478 e. The van der Waals surface area contributed by atoms with Crippen molar-refractivity contribution in [3.05, 3.63) is 18.3 Å². The van der Waals surface area contributed by atoms with Crippen molar-refractivity contribution >= 4 is 5.69 Å². The Bertz CT molecular complexity index is 259. The van der Waals surface area contributed by atoms with Gasteiger partial charge in [0, 0.05) is 6.07 Å². The first-order valence-corrected chi connectivity index (χ1v) is 5.67. The summed E-state index contributed by atoms with van der Waals surface area (Å²) in [5.41, 5.74) is 6.19. The van der Waals surface area contributed by atoms with E-state index in [4.69, 9.17) is 10.5 Å². The van der Waals surface area contributed by atoms with Crippen molar-refractivity contribution in [2.75, 3.05) is 12.3 Å². The third-order valence-electron chi connectivity index (χ3n) is 2.26. The molecule has 3 nitrogen and oxygen atoms in total. The number of hydrogen-bond acceptors (Lipinski definition) is 3. The Morgan fingerprint density at radius 2 is 2.00 bits per heavy atom. The fraction of sp³-hybridized carbons (Fsp3) is 0.583. The van der Waals surface area contributed by atoms with E-state index in [9.17, 15) is 0 Å². The lowest BCUT2D eigenvalue weighted by Crippen LogP contribution is -1.99. The van der Waals surface area contributed by atoms with Gasteiger partial charge < -0.3 is 10.5 Å². The Morgan fingerprint density at radius 3 is 2.67 bits per heavy atom. The summed E-state index contributed by atoms with van der Waals surface area (Å²) in [5.74, 6) is 0.666. The van der Waals surface area contributed by atoms with E-state index in [-0.39, 0.29) is 0 Å². The van der Waals surface area contributed by atoms with Gasteiger partial charge in [-0.05, 0) is 12.5 Å². The second kappa shape index (κ2) is 7.10. The number of nitrogens with two attached hydrogens (primary N) is 1. The number of nitrogens with zero attached hydrogens (tertiary/aromatic N) is 1. The van der Waals surface area contributed by atoms with E-state index in [0.717, 1.165) is 13.0 Å². The molecule has 0 amide bonds. The predicted molar refractivity (Wildman–Crippen MR) is 62.9 cm³/mol. The number of hydrogen-bond donors (Lipinski definition) is 1. The van der Waals surface area contributed by atoms with Gasteiger partial charge in [0.1, 0.15) is 0 Å². The number of pyridine rings is 1. The van der Waals surface area contributed by atoms with Crippen LogP contribution < -0.4 is 10.5 Å². The zero-order valence-electron chi connectivity index (χ0n) is 9.41. The fourth-order valence-electron chi connectivity index (χ4n) is 1.36. The Kier molecular flexibility index (Phi) is 5.59. The Hall–Kier alpha value is -1.25. The number of aromatic nitrogens is 1. The molecule has 0 aliphatic heterocycles. The lowest BCUT2D eigenvalue weighted by atomic mass is 10.2. The average Bonchev–Trinajstić information content (AvgIpc) is 2.26. The minimum absolute atomic E-state index is 0.666. The summed E-state index contributed by atoms with van der Waals surface area (Å²) in [4.78, 5) is 4.07. The maximum absolute atomic E-state index is 5.52. The van der Waals surface area contributed by atoms with Crippen molar-refractivity contribution in [2.45, 2.75) is 39.0 Å². The molecule has 3 heteroatoms. The molecule has 0 unspecified atom stereocenters. The maximum Gasteiger partial charge on any atom is 0.213 e. The van der Waals surface area contributed by atoms with Crippen LogP contribution in [0.2, 0.25) is 0 Å². The van der Waals surface area contributed by atoms with Crippen LogP contribution in [0, 0.1) is 0 Å². The average molecular weight is 208 g/mol.